The van der Waals surface area contributed by atoms with Gasteiger partial charge in [0.1, 0.15) is 5.82 Å². The number of hydrogen-bond acceptors (Lipinski definition) is 3. The fraction of sp³-hybridized carbons (Fsp3) is 0.208. The standard InChI is InChI=1S/C24H23ClFNO4S/c1-3-23(17-9-11-19(25)12-10-17)27(32(30,31)20-7-5-4-6-8-20)15-18-14-22(26)21(24(28)29)13-16(18)2/h4-14,23H,3,15H2,1-2H3,(H,28,29). The van der Waals surface area contributed by atoms with Crippen LogP contribution in [0.25, 0.3) is 0 Å². The Hall–Kier alpha value is -2.74. The summed E-state index contributed by atoms with van der Waals surface area (Å²) in [5.41, 5.74) is 1.17. The number of hydrogen-bond donors (Lipinski definition) is 1. The Morgan fingerprint density at radius 3 is 2.28 bits per heavy atom. The molecular weight excluding hydrogens is 453 g/mol. The van der Waals surface area contributed by atoms with Crippen LogP contribution in [0.1, 0.15) is 46.4 Å². The molecule has 1 N–H and O–H groups in total. The van der Waals surface area contributed by atoms with Crippen molar-refractivity contribution >= 4 is 27.6 Å². The minimum absolute atomic E-state index is 0.118. The summed E-state index contributed by atoms with van der Waals surface area (Å²) in [6.45, 7) is 3.38. The maximum atomic E-state index is 14.4. The van der Waals surface area contributed by atoms with Crippen molar-refractivity contribution in [3.63, 3.8) is 0 Å². The van der Waals surface area contributed by atoms with Crippen LogP contribution in [0, 0.1) is 12.7 Å². The third kappa shape index (κ3) is 5.01. The summed E-state index contributed by atoms with van der Waals surface area (Å²) >= 11 is 6.01. The minimum Gasteiger partial charge on any atom is -0.478 e. The van der Waals surface area contributed by atoms with Crippen molar-refractivity contribution in [3.8, 4) is 0 Å². The second kappa shape index (κ2) is 9.81. The molecule has 0 aromatic heterocycles. The Balaban J connectivity index is 2.14. The van der Waals surface area contributed by atoms with Gasteiger partial charge in [0.25, 0.3) is 0 Å². The molecule has 8 heteroatoms. The molecule has 0 fully saturated rings. The second-order valence-electron chi connectivity index (χ2n) is 7.40. The molecule has 168 valence electrons. The molecule has 0 spiro atoms. The second-order valence-corrected chi connectivity index (χ2v) is 9.73. The number of carbonyl (C=O) groups is 1. The highest BCUT2D eigenvalue weighted by Gasteiger charge is 2.32. The average molecular weight is 476 g/mol. The Labute approximate surface area is 192 Å². The highest BCUT2D eigenvalue weighted by molar-refractivity contribution is 7.89. The summed E-state index contributed by atoms with van der Waals surface area (Å²) in [5, 5.41) is 9.71. The number of rotatable bonds is 8. The van der Waals surface area contributed by atoms with Gasteiger partial charge >= 0.3 is 5.97 Å². The molecule has 5 nitrogen and oxygen atoms in total. The molecular formula is C24H23ClFNO4S. The summed E-state index contributed by atoms with van der Waals surface area (Å²) in [7, 11) is -3.96. The van der Waals surface area contributed by atoms with Crippen molar-refractivity contribution in [2.45, 2.75) is 37.8 Å². The van der Waals surface area contributed by atoms with Crippen LogP contribution >= 0.6 is 11.6 Å². The maximum Gasteiger partial charge on any atom is 0.338 e. The fourth-order valence-electron chi connectivity index (χ4n) is 3.61. The molecule has 0 radical (unpaired) electrons. The number of halogens is 2. The molecule has 3 aromatic carbocycles. The van der Waals surface area contributed by atoms with Crippen LogP contribution in [0.2, 0.25) is 5.02 Å². The Bertz CT molecular complexity index is 1210. The van der Waals surface area contributed by atoms with Gasteiger partial charge in [0.2, 0.25) is 10.0 Å². The van der Waals surface area contributed by atoms with Crippen molar-refractivity contribution < 1.29 is 22.7 Å². The van der Waals surface area contributed by atoms with E-state index in [1.807, 2.05) is 6.92 Å². The highest BCUT2D eigenvalue weighted by atomic mass is 35.5. The van der Waals surface area contributed by atoms with Crippen LogP contribution in [0.4, 0.5) is 4.39 Å². The number of carboxylic acid groups (broad SMARTS) is 1. The van der Waals surface area contributed by atoms with E-state index >= 15 is 0 Å². The van der Waals surface area contributed by atoms with Crippen LogP contribution in [0.15, 0.2) is 71.6 Å². The molecule has 1 atom stereocenters. The molecule has 0 aliphatic heterocycles. The number of aromatic carboxylic acids is 1. The lowest BCUT2D eigenvalue weighted by atomic mass is 10.0. The molecule has 0 aliphatic carbocycles. The van der Waals surface area contributed by atoms with Crippen molar-refractivity contribution in [3.05, 3.63) is 99.8 Å². The van der Waals surface area contributed by atoms with E-state index in [1.54, 1.807) is 49.4 Å². The SMILES string of the molecule is CCC(c1ccc(Cl)cc1)N(Cc1cc(F)c(C(=O)O)cc1C)S(=O)(=O)c1ccccc1. The summed E-state index contributed by atoms with van der Waals surface area (Å²) < 4.78 is 43.1. The average Bonchev–Trinajstić information content (AvgIpc) is 2.77. The molecule has 1 unspecified atom stereocenters. The normalized spacial score (nSPS) is 12.7. The van der Waals surface area contributed by atoms with Gasteiger partial charge in [-0.25, -0.2) is 17.6 Å². The molecule has 0 heterocycles. The predicted octanol–water partition coefficient (Wildman–Crippen LogP) is 5.83. The van der Waals surface area contributed by atoms with Gasteiger partial charge in [-0.2, -0.15) is 4.31 Å². The fourth-order valence-corrected chi connectivity index (χ4v) is 5.42. The van der Waals surface area contributed by atoms with Gasteiger partial charge in [0, 0.05) is 11.6 Å². The van der Waals surface area contributed by atoms with Crippen molar-refractivity contribution in [1.82, 2.24) is 4.31 Å². The molecule has 3 aromatic rings. The van der Waals surface area contributed by atoms with E-state index in [0.717, 1.165) is 11.6 Å². The third-order valence-electron chi connectivity index (χ3n) is 5.32. The van der Waals surface area contributed by atoms with E-state index in [-0.39, 0.29) is 11.4 Å². The zero-order valence-electron chi connectivity index (χ0n) is 17.6. The summed E-state index contributed by atoms with van der Waals surface area (Å²) in [6, 6.07) is 16.7. The van der Waals surface area contributed by atoms with E-state index in [0.29, 0.717) is 22.6 Å². The monoisotopic (exact) mass is 475 g/mol. The minimum atomic E-state index is -3.96. The quantitative estimate of drug-likeness (QED) is 0.445. The van der Waals surface area contributed by atoms with E-state index in [1.165, 1.54) is 22.5 Å². The molecule has 0 saturated carbocycles. The summed E-state index contributed by atoms with van der Waals surface area (Å²) in [5.74, 6) is -2.28. The van der Waals surface area contributed by atoms with Crippen molar-refractivity contribution in [1.29, 1.82) is 0 Å². The number of sulfonamides is 1. The van der Waals surface area contributed by atoms with Crippen molar-refractivity contribution in [2.24, 2.45) is 0 Å². The first-order chi connectivity index (χ1) is 15.1. The number of nitrogens with zero attached hydrogens (tertiary/aromatic N) is 1. The van der Waals surface area contributed by atoms with Gasteiger partial charge in [0.05, 0.1) is 16.5 Å². The topological polar surface area (TPSA) is 74.7 Å². The first-order valence-electron chi connectivity index (χ1n) is 9.99. The number of aryl methyl sites for hydroxylation is 1. The Kier molecular flexibility index (Phi) is 7.33. The van der Waals surface area contributed by atoms with Gasteiger partial charge in [-0.15, -0.1) is 0 Å². The van der Waals surface area contributed by atoms with E-state index in [9.17, 15) is 22.7 Å². The Morgan fingerprint density at radius 1 is 1.09 bits per heavy atom. The van der Waals surface area contributed by atoms with E-state index in [4.69, 9.17) is 11.6 Å². The Morgan fingerprint density at radius 2 is 1.72 bits per heavy atom. The van der Waals surface area contributed by atoms with Gasteiger partial charge in [-0.1, -0.05) is 48.9 Å². The first-order valence-corrected chi connectivity index (χ1v) is 11.8. The summed E-state index contributed by atoms with van der Waals surface area (Å²) in [4.78, 5) is 11.4. The largest absolute Gasteiger partial charge is 0.478 e. The van der Waals surface area contributed by atoms with Gasteiger partial charge < -0.3 is 5.11 Å². The molecule has 0 amide bonds. The molecule has 0 saturated heterocycles. The summed E-state index contributed by atoms with van der Waals surface area (Å²) in [6.07, 6.45) is 0.461. The van der Waals surface area contributed by atoms with Crippen LogP contribution in [-0.4, -0.2) is 23.8 Å². The van der Waals surface area contributed by atoms with Gasteiger partial charge in [-0.3, -0.25) is 0 Å². The van der Waals surface area contributed by atoms with Crippen molar-refractivity contribution in [2.75, 3.05) is 0 Å². The van der Waals surface area contributed by atoms with Crippen LogP contribution in [0.3, 0.4) is 0 Å². The maximum absolute atomic E-state index is 14.4. The highest BCUT2D eigenvalue weighted by Crippen LogP contribution is 2.33. The van der Waals surface area contributed by atoms with E-state index < -0.39 is 33.4 Å². The number of carboxylic acids is 1. The third-order valence-corrected chi connectivity index (χ3v) is 7.44. The lowest BCUT2D eigenvalue weighted by Crippen LogP contribution is -2.34. The van der Waals surface area contributed by atoms with Crippen LogP contribution < -0.4 is 0 Å². The van der Waals surface area contributed by atoms with Crippen LogP contribution in [0.5, 0.6) is 0 Å². The molecule has 32 heavy (non-hydrogen) atoms. The zero-order valence-corrected chi connectivity index (χ0v) is 19.2. The van der Waals surface area contributed by atoms with E-state index in [2.05, 4.69) is 0 Å². The van der Waals surface area contributed by atoms with Gasteiger partial charge in [0.15, 0.2) is 0 Å². The zero-order chi connectivity index (χ0) is 23.5. The first kappa shape index (κ1) is 23.9. The lowest BCUT2D eigenvalue weighted by Gasteiger charge is -2.31. The smallest absolute Gasteiger partial charge is 0.338 e. The van der Waals surface area contributed by atoms with Crippen LogP contribution in [-0.2, 0) is 16.6 Å². The molecule has 0 aliphatic rings. The molecule has 0 bridgehead atoms. The number of benzene rings is 3. The van der Waals surface area contributed by atoms with Gasteiger partial charge in [-0.05, 0) is 66.4 Å². The molecule has 3 rings (SSSR count). The lowest BCUT2D eigenvalue weighted by molar-refractivity contribution is 0.0691. The predicted molar refractivity (Wildman–Crippen MR) is 122 cm³/mol.